The molecule has 1 heterocycles. The molecule has 0 atom stereocenters. The Morgan fingerprint density at radius 2 is 2.31 bits per heavy atom. The van der Waals surface area contributed by atoms with Crippen LogP contribution < -0.4 is 11.1 Å². The van der Waals surface area contributed by atoms with Crippen LogP contribution >= 0.6 is 0 Å². The monoisotopic (exact) mass is 222 g/mol. The van der Waals surface area contributed by atoms with Gasteiger partial charge in [0.15, 0.2) is 0 Å². The molecule has 7 heteroatoms. The molecular formula is C9H10N4O3. The molecule has 1 amide bonds. The zero-order chi connectivity index (χ0) is 12.1. The van der Waals surface area contributed by atoms with Crippen LogP contribution in [0.25, 0.3) is 0 Å². The Kier molecular flexibility index (Phi) is 3.54. The van der Waals surface area contributed by atoms with E-state index in [1.165, 1.54) is 18.2 Å². The SMILES string of the molecule is C/C(N)=C/C(=O)Nc1ccc([N+](=O)[O-])cn1. The largest absolute Gasteiger partial charge is 0.402 e. The van der Waals surface area contributed by atoms with Crippen molar-refractivity contribution in [2.24, 2.45) is 5.73 Å². The molecule has 0 saturated carbocycles. The number of nitrogens with zero attached hydrogens (tertiary/aromatic N) is 2. The lowest BCUT2D eigenvalue weighted by molar-refractivity contribution is -0.385. The van der Waals surface area contributed by atoms with Crippen LogP contribution in [0.5, 0.6) is 0 Å². The first-order valence-corrected chi connectivity index (χ1v) is 4.34. The molecule has 7 nitrogen and oxygen atoms in total. The molecule has 0 spiro atoms. The van der Waals surface area contributed by atoms with Gasteiger partial charge in [-0.15, -0.1) is 0 Å². The fraction of sp³-hybridized carbons (Fsp3) is 0.111. The Hall–Kier alpha value is -2.44. The van der Waals surface area contributed by atoms with E-state index in [4.69, 9.17) is 5.73 Å². The van der Waals surface area contributed by atoms with E-state index >= 15 is 0 Å². The van der Waals surface area contributed by atoms with Crippen LogP contribution in [0, 0.1) is 10.1 Å². The number of hydrogen-bond donors (Lipinski definition) is 2. The fourth-order valence-corrected chi connectivity index (χ4v) is 0.937. The topological polar surface area (TPSA) is 111 Å². The van der Waals surface area contributed by atoms with Crippen molar-refractivity contribution in [3.63, 3.8) is 0 Å². The standard InChI is InChI=1S/C9H10N4O3/c1-6(10)4-9(14)12-8-3-2-7(5-11-8)13(15)16/h2-5H,10H2,1H3,(H,11,12,14)/b6-4-. The van der Waals surface area contributed by atoms with E-state index in [2.05, 4.69) is 10.3 Å². The maximum absolute atomic E-state index is 11.2. The molecule has 0 aromatic carbocycles. The Bertz CT molecular complexity index is 435. The van der Waals surface area contributed by atoms with Crippen LogP contribution in [0.4, 0.5) is 11.5 Å². The van der Waals surface area contributed by atoms with Crippen LogP contribution in [0.1, 0.15) is 6.92 Å². The molecule has 1 aromatic rings. The summed E-state index contributed by atoms with van der Waals surface area (Å²) in [5, 5.41) is 12.7. The minimum atomic E-state index is -0.567. The van der Waals surface area contributed by atoms with Gasteiger partial charge in [0.1, 0.15) is 12.0 Å². The van der Waals surface area contributed by atoms with Gasteiger partial charge in [-0.1, -0.05) is 0 Å². The van der Waals surface area contributed by atoms with Crippen LogP contribution in [0.2, 0.25) is 0 Å². The first kappa shape index (κ1) is 11.6. The number of hydrogen-bond acceptors (Lipinski definition) is 5. The highest BCUT2D eigenvalue weighted by molar-refractivity contribution is 5.98. The van der Waals surface area contributed by atoms with Crippen molar-refractivity contribution >= 4 is 17.4 Å². The number of carbonyl (C=O) groups excluding carboxylic acids is 1. The molecule has 0 aliphatic carbocycles. The van der Waals surface area contributed by atoms with Crippen molar-refractivity contribution in [1.82, 2.24) is 4.98 Å². The fourth-order valence-electron chi connectivity index (χ4n) is 0.937. The minimum absolute atomic E-state index is 0.136. The summed E-state index contributed by atoms with van der Waals surface area (Å²) in [5.74, 6) is -0.200. The first-order valence-electron chi connectivity index (χ1n) is 4.34. The van der Waals surface area contributed by atoms with E-state index in [1.807, 2.05) is 0 Å². The number of pyridine rings is 1. The van der Waals surface area contributed by atoms with Crippen LogP contribution in [0.15, 0.2) is 30.1 Å². The van der Waals surface area contributed by atoms with Gasteiger partial charge in [0.25, 0.3) is 11.6 Å². The summed E-state index contributed by atoms with van der Waals surface area (Å²) >= 11 is 0. The maximum atomic E-state index is 11.2. The van der Waals surface area contributed by atoms with Crippen LogP contribution in [-0.4, -0.2) is 15.8 Å². The molecule has 0 saturated heterocycles. The third-order valence-corrected chi connectivity index (χ3v) is 1.57. The highest BCUT2D eigenvalue weighted by Gasteiger charge is 2.06. The van der Waals surface area contributed by atoms with E-state index in [0.29, 0.717) is 5.70 Å². The van der Waals surface area contributed by atoms with Gasteiger partial charge in [-0.25, -0.2) is 4.98 Å². The van der Waals surface area contributed by atoms with E-state index < -0.39 is 10.8 Å². The smallest absolute Gasteiger partial charge is 0.287 e. The normalized spacial score (nSPS) is 10.9. The zero-order valence-electron chi connectivity index (χ0n) is 8.51. The average molecular weight is 222 g/mol. The first-order chi connectivity index (χ1) is 7.49. The van der Waals surface area contributed by atoms with Gasteiger partial charge in [0.2, 0.25) is 0 Å². The molecule has 0 fully saturated rings. The molecule has 0 aliphatic heterocycles. The van der Waals surface area contributed by atoms with Crippen molar-refractivity contribution in [2.45, 2.75) is 6.92 Å². The molecular weight excluding hydrogens is 212 g/mol. The van der Waals surface area contributed by atoms with Gasteiger partial charge in [-0.2, -0.15) is 0 Å². The Labute approximate surface area is 91.1 Å². The Balaban J connectivity index is 2.73. The molecule has 84 valence electrons. The molecule has 0 unspecified atom stereocenters. The maximum Gasteiger partial charge on any atom is 0.287 e. The number of rotatable bonds is 3. The summed E-state index contributed by atoms with van der Waals surface area (Å²) < 4.78 is 0. The van der Waals surface area contributed by atoms with E-state index in [0.717, 1.165) is 6.20 Å². The average Bonchev–Trinajstić information content (AvgIpc) is 2.16. The third-order valence-electron chi connectivity index (χ3n) is 1.57. The van der Waals surface area contributed by atoms with E-state index in [-0.39, 0.29) is 11.5 Å². The zero-order valence-corrected chi connectivity index (χ0v) is 8.51. The lowest BCUT2D eigenvalue weighted by Crippen LogP contribution is -2.11. The summed E-state index contributed by atoms with van der Waals surface area (Å²) in [7, 11) is 0. The van der Waals surface area contributed by atoms with Crippen molar-refractivity contribution < 1.29 is 9.72 Å². The molecule has 0 bridgehead atoms. The minimum Gasteiger partial charge on any atom is -0.402 e. The summed E-state index contributed by atoms with van der Waals surface area (Å²) in [6.45, 7) is 1.57. The second-order valence-corrected chi connectivity index (χ2v) is 3.04. The molecule has 0 radical (unpaired) electrons. The summed E-state index contributed by atoms with van der Waals surface area (Å²) in [6.07, 6.45) is 2.26. The van der Waals surface area contributed by atoms with E-state index in [1.54, 1.807) is 6.92 Å². The van der Waals surface area contributed by atoms with Crippen LogP contribution in [-0.2, 0) is 4.79 Å². The summed E-state index contributed by atoms with van der Waals surface area (Å²) in [6, 6.07) is 2.59. The number of nitrogens with two attached hydrogens (primary N) is 1. The van der Waals surface area contributed by atoms with Crippen molar-refractivity contribution in [2.75, 3.05) is 5.32 Å². The lowest BCUT2D eigenvalue weighted by Gasteiger charge is -2.00. The summed E-state index contributed by atoms with van der Waals surface area (Å²) in [4.78, 5) is 24.7. The van der Waals surface area contributed by atoms with Crippen molar-refractivity contribution in [3.8, 4) is 0 Å². The lowest BCUT2D eigenvalue weighted by atomic mass is 10.4. The van der Waals surface area contributed by atoms with Crippen molar-refractivity contribution in [1.29, 1.82) is 0 Å². The highest BCUT2D eigenvalue weighted by atomic mass is 16.6. The van der Waals surface area contributed by atoms with Crippen molar-refractivity contribution in [3.05, 3.63) is 40.2 Å². The number of anilines is 1. The molecule has 3 N–H and O–H groups in total. The van der Waals surface area contributed by atoms with E-state index in [9.17, 15) is 14.9 Å². The quantitative estimate of drug-likeness (QED) is 0.446. The summed E-state index contributed by atoms with van der Waals surface area (Å²) in [5.41, 5.74) is 5.53. The molecule has 1 aromatic heterocycles. The van der Waals surface area contributed by atoms with Gasteiger partial charge in [0.05, 0.1) is 4.92 Å². The van der Waals surface area contributed by atoms with Gasteiger partial charge in [-0.05, 0) is 13.0 Å². The van der Waals surface area contributed by atoms with Gasteiger partial charge in [-0.3, -0.25) is 14.9 Å². The van der Waals surface area contributed by atoms with Gasteiger partial charge >= 0.3 is 0 Å². The second-order valence-electron chi connectivity index (χ2n) is 3.04. The number of aromatic nitrogens is 1. The molecule has 0 aliphatic rings. The number of allylic oxidation sites excluding steroid dienone is 1. The highest BCUT2D eigenvalue weighted by Crippen LogP contribution is 2.11. The molecule has 1 rings (SSSR count). The number of nitrogens with one attached hydrogen (secondary N) is 1. The number of nitro groups is 1. The van der Waals surface area contributed by atoms with Gasteiger partial charge in [0, 0.05) is 17.8 Å². The van der Waals surface area contributed by atoms with Crippen LogP contribution in [0.3, 0.4) is 0 Å². The third kappa shape index (κ3) is 3.37. The predicted molar refractivity (Wildman–Crippen MR) is 57.5 cm³/mol. The number of carbonyl (C=O) groups is 1. The Morgan fingerprint density at radius 3 is 2.75 bits per heavy atom. The van der Waals surface area contributed by atoms with Gasteiger partial charge < -0.3 is 11.1 Å². The second kappa shape index (κ2) is 4.87. The predicted octanol–water partition coefficient (Wildman–Crippen LogP) is 0.791. The molecule has 16 heavy (non-hydrogen) atoms. The number of amides is 1. The Morgan fingerprint density at radius 1 is 1.62 bits per heavy atom.